The van der Waals surface area contributed by atoms with E-state index in [1.165, 1.54) is 4.57 Å². The highest BCUT2D eigenvalue weighted by atomic mass is 16.5. The lowest BCUT2D eigenvalue weighted by Crippen LogP contribution is -2.26. The SMILES string of the molecule is C[C@H]1C[C@H]1C(=O)OCc1nc2ccccc2c(=O)n1CC#N. The quantitative estimate of drug-likeness (QED) is 0.800. The molecule has 1 saturated carbocycles. The van der Waals surface area contributed by atoms with Gasteiger partial charge >= 0.3 is 5.97 Å². The molecule has 2 aromatic rings. The highest BCUT2D eigenvalue weighted by Gasteiger charge is 2.40. The zero-order valence-corrected chi connectivity index (χ0v) is 12.2. The van der Waals surface area contributed by atoms with Gasteiger partial charge in [0.25, 0.3) is 5.56 Å². The fraction of sp³-hybridized carbons (Fsp3) is 0.375. The van der Waals surface area contributed by atoms with E-state index in [0.29, 0.717) is 22.6 Å². The van der Waals surface area contributed by atoms with Crippen LogP contribution < -0.4 is 5.56 Å². The fourth-order valence-corrected chi connectivity index (χ4v) is 2.45. The second-order valence-electron chi connectivity index (χ2n) is 5.52. The van der Waals surface area contributed by atoms with E-state index in [0.717, 1.165) is 6.42 Å². The van der Waals surface area contributed by atoms with Crippen molar-refractivity contribution in [1.82, 2.24) is 9.55 Å². The van der Waals surface area contributed by atoms with Crippen LogP contribution in [0.15, 0.2) is 29.1 Å². The molecule has 0 N–H and O–H groups in total. The Morgan fingerprint density at radius 2 is 2.23 bits per heavy atom. The molecular weight excluding hydrogens is 282 g/mol. The van der Waals surface area contributed by atoms with Gasteiger partial charge in [-0.15, -0.1) is 0 Å². The number of hydrogen-bond acceptors (Lipinski definition) is 5. The fourth-order valence-electron chi connectivity index (χ4n) is 2.45. The Hall–Kier alpha value is -2.68. The van der Waals surface area contributed by atoms with Crippen molar-refractivity contribution in [1.29, 1.82) is 5.26 Å². The van der Waals surface area contributed by atoms with E-state index in [2.05, 4.69) is 4.98 Å². The van der Waals surface area contributed by atoms with Crippen LogP contribution in [0.4, 0.5) is 0 Å². The van der Waals surface area contributed by atoms with E-state index in [1.54, 1.807) is 24.3 Å². The molecule has 1 aliphatic rings. The molecule has 0 aliphatic heterocycles. The van der Waals surface area contributed by atoms with E-state index in [4.69, 9.17) is 10.00 Å². The first-order valence-corrected chi connectivity index (χ1v) is 7.14. The maximum absolute atomic E-state index is 12.4. The molecule has 1 aliphatic carbocycles. The summed E-state index contributed by atoms with van der Waals surface area (Å²) in [5.74, 6) is 0.347. The first-order chi connectivity index (χ1) is 10.6. The Bertz CT molecular complexity index is 835. The van der Waals surface area contributed by atoms with Crippen LogP contribution in [0.25, 0.3) is 10.9 Å². The highest BCUT2D eigenvalue weighted by molar-refractivity contribution is 5.77. The average molecular weight is 297 g/mol. The molecule has 0 amide bonds. The van der Waals surface area contributed by atoms with Gasteiger partial charge in [0.15, 0.2) is 5.82 Å². The van der Waals surface area contributed by atoms with Crippen LogP contribution in [-0.4, -0.2) is 15.5 Å². The molecule has 0 radical (unpaired) electrons. The third kappa shape index (κ3) is 2.58. The van der Waals surface area contributed by atoms with Gasteiger partial charge in [-0.25, -0.2) is 4.98 Å². The Morgan fingerprint density at radius 1 is 1.50 bits per heavy atom. The summed E-state index contributed by atoms with van der Waals surface area (Å²) < 4.78 is 6.50. The number of benzene rings is 1. The number of nitriles is 1. The summed E-state index contributed by atoms with van der Waals surface area (Å²) in [7, 11) is 0. The highest BCUT2D eigenvalue weighted by Crippen LogP contribution is 2.38. The maximum Gasteiger partial charge on any atom is 0.309 e. The number of hydrogen-bond donors (Lipinski definition) is 0. The monoisotopic (exact) mass is 297 g/mol. The number of carbonyl (C=O) groups is 1. The zero-order chi connectivity index (χ0) is 15.7. The van der Waals surface area contributed by atoms with Crippen LogP contribution in [0.5, 0.6) is 0 Å². The van der Waals surface area contributed by atoms with Crippen LogP contribution in [-0.2, 0) is 22.7 Å². The number of esters is 1. The minimum absolute atomic E-state index is 0.0448. The summed E-state index contributed by atoms with van der Waals surface area (Å²) in [4.78, 5) is 28.6. The standard InChI is InChI=1S/C16H15N3O3/c1-10-8-12(10)16(21)22-9-14-18-13-5-3-2-4-11(13)15(20)19(14)7-6-17/h2-5,10,12H,7-9H2,1H3/t10-,12+/m0/s1. The number of carbonyl (C=O) groups excluding carboxylic acids is 1. The zero-order valence-electron chi connectivity index (χ0n) is 12.2. The summed E-state index contributed by atoms with van der Waals surface area (Å²) in [6, 6.07) is 8.86. The lowest BCUT2D eigenvalue weighted by Gasteiger charge is -2.11. The van der Waals surface area contributed by atoms with Crippen molar-refractivity contribution in [2.75, 3.05) is 0 Å². The van der Waals surface area contributed by atoms with Crippen LogP contribution in [0.1, 0.15) is 19.2 Å². The van der Waals surface area contributed by atoms with Gasteiger partial charge < -0.3 is 4.74 Å². The second kappa shape index (κ2) is 5.60. The molecule has 0 bridgehead atoms. The van der Waals surface area contributed by atoms with Crippen molar-refractivity contribution in [3.63, 3.8) is 0 Å². The number of para-hydroxylation sites is 1. The van der Waals surface area contributed by atoms with Crippen LogP contribution >= 0.6 is 0 Å². The van der Waals surface area contributed by atoms with Crippen molar-refractivity contribution in [3.05, 3.63) is 40.4 Å². The molecule has 1 aromatic heterocycles. The predicted molar refractivity (Wildman–Crippen MR) is 78.7 cm³/mol. The predicted octanol–water partition coefficient (Wildman–Crippen LogP) is 1.62. The maximum atomic E-state index is 12.4. The van der Waals surface area contributed by atoms with Crippen LogP contribution in [0.3, 0.4) is 0 Å². The molecule has 6 heteroatoms. The average Bonchev–Trinajstić information content (AvgIpc) is 3.25. The molecule has 0 spiro atoms. The van der Waals surface area contributed by atoms with Gasteiger partial charge in [-0.1, -0.05) is 19.1 Å². The third-order valence-electron chi connectivity index (χ3n) is 3.93. The Labute approximate surface area is 127 Å². The minimum atomic E-state index is -0.294. The first kappa shape index (κ1) is 14.3. The lowest BCUT2D eigenvalue weighted by atomic mass is 10.2. The number of fused-ring (bicyclic) bond motifs is 1. The number of ether oxygens (including phenoxy) is 1. The number of rotatable bonds is 4. The summed E-state index contributed by atoms with van der Waals surface area (Å²) in [6.45, 7) is 1.78. The largest absolute Gasteiger partial charge is 0.457 e. The Kier molecular flexibility index (Phi) is 3.63. The van der Waals surface area contributed by atoms with Crippen molar-refractivity contribution >= 4 is 16.9 Å². The van der Waals surface area contributed by atoms with E-state index >= 15 is 0 Å². The minimum Gasteiger partial charge on any atom is -0.457 e. The number of nitrogens with zero attached hydrogens (tertiary/aromatic N) is 3. The molecule has 1 fully saturated rings. The van der Waals surface area contributed by atoms with Gasteiger partial charge in [-0.2, -0.15) is 5.26 Å². The van der Waals surface area contributed by atoms with Crippen molar-refractivity contribution < 1.29 is 9.53 Å². The molecule has 0 saturated heterocycles. The van der Waals surface area contributed by atoms with E-state index < -0.39 is 0 Å². The molecule has 1 aromatic carbocycles. The summed E-state index contributed by atoms with van der Waals surface area (Å²) in [5, 5.41) is 9.35. The molecule has 2 atom stereocenters. The molecule has 6 nitrogen and oxygen atoms in total. The van der Waals surface area contributed by atoms with Crippen LogP contribution in [0.2, 0.25) is 0 Å². The smallest absolute Gasteiger partial charge is 0.309 e. The lowest BCUT2D eigenvalue weighted by molar-refractivity contribution is -0.147. The molecule has 112 valence electrons. The van der Waals surface area contributed by atoms with E-state index in [-0.39, 0.29) is 30.6 Å². The van der Waals surface area contributed by atoms with Crippen molar-refractivity contribution in [3.8, 4) is 6.07 Å². The van der Waals surface area contributed by atoms with E-state index in [9.17, 15) is 9.59 Å². The molecule has 1 heterocycles. The first-order valence-electron chi connectivity index (χ1n) is 7.14. The Morgan fingerprint density at radius 3 is 2.91 bits per heavy atom. The summed E-state index contributed by atoms with van der Waals surface area (Å²) in [5.41, 5.74) is 0.241. The van der Waals surface area contributed by atoms with E-state index in [1.807, 2.05) is 13.0 Å². The summed E-state index contributed by atoms with van der Waals surface area (Å²) in [6.07, 6.45) is 0.842. The van der Waals surface area contributed by atoms with Crippen molar-refractivity contribution in [2.24, 2.45) is 11.8 Å². The van der Waals surface area contributed by atoms with Gasteiger partial charge in [-0.3, -0.25) is 14.2 Å². The molecule has 22 heavy (non-hydrogen) atoms. The topological polar surface area (TPSA) is 85.0 Å². The van der Waals surface area contributed by atoms with Gasteiger partial charge in [0.05, 0.1) is 22.9 Å². The molecule has 0 unspecified atom stereocenters. The van der Waals surface area contributed by atoms with Crippen molar-refractivity contribution in [2.45, 2.75) is 26.5 Å². The third-order valence-corrected chi connectivity index (χ3v) is 3.93. The molecular formula is C16H15N3O3. The van der Waals surface area contributed by atoms with Gasteiger partial charge in [0.2, 0.25) is 0 Å². The van der Waals surface area contributed by atoms with Gasteiger partial charge in [-0.05, 0) is 24.5 Å². The second-order valence-corrected chi connectivity index (χ2v) is 5.52. The van der Waals surface area contributed by atoms with Gasteiger partial charge in [0, 0.05) is 0 Å². The van der Waals surface area contributed by atoms with Gasteiger partial charge in [0.1, 0.15) is 13.2 Å². The normalized spacial score (nSPS) is 19.6. The summed E-state index contributed by atoms with van der Waals surface area (Å²) >= 11 is 0. The Balaban J connectivity index is 1.93. The van der Waals surface area contributed by atoms with Crippen LogP contribution in [0, 0.1) is 23.2 Å². The number of aromatic nitrogens is 2. The molecule has 3 rings (SSSR count).